The summed E-state index contributed by atoms with van der Waals surface area (Å²) >= 11 is 0.688. The molecule has 1 N–H and O–H groups in total. The van der Waals surface area contributed by atoms with Crippen molar-refractivity contribution in [3.63, 3.8) is 0 Å². The average molecular weight is 1230 g/mol. The van der Waals surface area contributed by atoms with Crippen LogP contribution in [0.3, 0.4) is 0 Å². The van der Waals surface area contributed by atoms with Gasteiger partial charge in [-0.25, -0.2) is 4.98 Å². The summed E-state index contributed by atoms with van der Waals surface area (Å²) in [5.41, 5.74) is -4.46. The largest absolute Gasteiger partial charge is 0.469 e. The summed E-state index contributed by atoms with van der Waals surface area (Å²) in [6.07, 6.45) is -4.73. The zero-order valence-electron chi connectivity index (χ0n) is 52.3. The van der Waals surface area contributed by atoms with E-state index in [1.54, 1.807) is 0 Å². The highest BCUT2D eigenvalue weighted by Gasteiger charge is 2.70. The molecule has 3 aliphatic heterocycles. The van der Waals surface area contributed by atoms with Gasteiger partial charge in [0, 0.05) is 31.3 Å². The van der Waals surface area contributed by atoms with Crippen LogP contribution >= 0.6 is 11.3 Å². The number of ether oxygens (including phenoxy) is 2. The number of β-amino-alcohol motifs (C(OH)–C–C–N with tert-alkyl or cyclic N) is 1. The van der Waals surface area contributed by atoms with Crippen molar-refractivity contribution in [2.45, 2.75) is 229 Å². The number of thiazole rings is 1. The normalized spacial score (nSPS) is 22.8. The Morgan fingerprint density at radius 2 is 0.904 bits per heavy atom. The summed E-state index contributed by atoms with van der Waals surface area (Å²) in [4.78, 5) is 31.2. The van der Waals surface area contributed by atoms with Gasteiger partial charge in [-0.05, 0) is 215 Å². The van der Waals surface area contributed by atoms with E-state index < -0.39 is 48.4 Å². The topological polar surface area (TPSA) is 95.4 Å². The number of carbonyl (C=O) groups is 2. The molecule has 9 nitrogen and oxygen atoms in total. The van der Waals surface area contributed by atoms with Gasteiger partial charge in [0.2, 0.25) is 0 Å². The van der Waals surface area contributed by atoms with Crippen LogP contribution < -0.4 is 0 Å². The summed E-state index contributed by atoms with van der Waals surface area (Å²) in [6.45, 7) is 29.4. The minimum atomic E-state index is -5.74. The molecule has 5 fully saturated rings. The van der Waals surface area contributed by atoms with E-state index in [0.717, 1.165) is 73.3 Å². The second-order valence-corrected chi connectivity index (χ2v) is 27.8. The lowest BCUT2D eigenvalue weighted by Crippen LogP contribution is -2.63. The third-order valence-electron chi connectivity index (χ3n) is 17.6. The molecule has 4 heterocycles. The Kier molecular flexibility index (Phi) is 31.7. The van der Waals surface area contributed by atoms with Crippen LogP contribution in [-0.4, -0.2) is 126 Å². The van der Waals surface area contributed by atoms with E-state index in [4.69, 9.17) is 9.84 Å². The number of piperidine rings is 3. The Bertz CT molecular complexity index is 1940. The van der Waals surface area contributed by atoms with Crippen molar-refractivity contribution in [1.29, 1.82) is 0 Å². The van der Waals surface area contributed by atoms with Crippen LogP contribution in [0.1, 0.15) is 197 Å². The van der Waals surface area contributed by atoms with Gasteiger partial charge in [0.25, 0.3) is 5.60 Å². The predicted molar refractivity (Wildman–Crippen MR) is 304 cm³/mol. The minimum absolute atomic E-state index is 0.0260. The summed E-state index contributed by atoms with van der Waals surface area (Å²) in [5, 5.41) is 9.91. The van der Waals surface area contributed by atoms with Gasteiger partial charge in [-0.1, -0.05) is 69.2 Å². The standard InChI is InChI=1S/C14H26O2.C13H19F3N2S.C12H19F6NO.C12H22O2.C10H18F3N/c1-10(2)12-7-6-11(8-12)9-13(15)16-14(3,4)5;1-9(2)10-3-5-18(6-4-10)7-11-8-19-12(17-11)13(14,15)16;1-8(2)9-3-5-19(6-4-9)7-10(20,11(13,14)15)12(16,17)18;1-9(2)11-6-4-10(5-7-11)8-12(13)14-3;1-8(2)9-3-5-14(6-4-9)7-10(11,12)13/h10-12H,6-9H2,1-5H3;8-10H,3-7H2,1-2H3;8-9,20H,3-7H2,1-2H3;9-11H,4-8H2,1-3H3;8-9H,3-7H2,1-2H3. The Labute approximate surface area is 493 Å². The molecular weight excluding hydrogens is 1130 g/mol. The highest BCUT2D eigenvalue weighted by Crippen LogP contribution is 2.44. The van der Waals surface area contributed by atoms with Gasteiger partial charge in [-0.3, -0.25) is 24.3 Å². The number of aliphatic hydroxyl groups is 1. The van der Waals surface area contributed by atoms with Crippen LogP contribution in [-0.2, 0) is 31.8 Å². The van der Waals surface area contributed by atoms with Crippen molar-refractivity contribution < 1.29 is 76.9 Å². The Hall–Kier alpha value is -2.43. The number of likely N-dealkylation sites (tertiary alicyclic amines) is 3. The molecule has 0 spiro atoms. The monoisotopic (exact) mass is 1230 g/mol. The first kappa shape index (κ1) is 76.7. The van der Waals surface area contributed by atoms with Crippen molar-refractivity contribution in [1.82, 2.24) is 19.7 Å². The van der Waals surface area contributed by atoms with E-state index in [0.29, 0.717) is 104 Å². The van der Waals surface area contributed by atoms with Crippen LogP contribution in [0, 0.1) is 71.0 Å². The van der Waals surface area contributed by atoms with E-state index in [9.17, 15) is 62.3 Å². The highest BCUT2D eigenvalue weighted by molar-refractivity contribution is 7.09. The molecule has 22 heteroatoms. The van der Waals surface area contributed by atoms with Gasteiger partial charge in [0.05, 0.1) is 19.3 Å². The molecule has 5 aliphatic rings. The molecule has 3 saturated heterocycles. The number of hydrogen-bond acceptors (Lipinski definition) is 10. The first-order chi connectivity index (χ1) is 38.0. The van der Waals surface area contributed by atoms with Crippen LogP contribution in [0.25, 0.3) is 0 Å². The number of halogens is 12. The van der Waals surface area contributed by atoms with Gasteiger partial charge in [0.15, 0.2) is 5.01 Å². The fraction of sp³-hybridized carbons (Fsp3) is 0.918. The number of carbonyl (C=O) groups excluding carboxylic acids is 2. The first-order valence-corrected chi connectivity index (χ1v) is 31.3. The predicted octanol–water partition coefficient (Wildman–Crippen LogP) is 17.0. The molecular formula is C61H104F12N4O5S. The average Bonchev–Trinajstić information content (AvgIpc) is 3.32. The van der Waals surface area contributed by atoms with E-state index in [2.05, 4.69) is 70.0 Å². The number of alkyl halides is 12. The lowest BCUT2D eigenvalue weighted by atomic mass is 9.76. The first-order valence-electron chi connectivity index (χ1n) is 30.4. The molecule has 2 saturated carbocycles. The number of methoxy groups -OCH3 is 1. The molecule has 1 aromatic rings. The van der Waals surface area contributed by atoms with Crippen molar-refractivity contribution in [2.24, 2.45) is 71.0 Å². The zero-order valence-corrected chi connectivity index (χ0v) is 53.1. The SMILES string of the molecule is CC(C)C1CCC(CC(=O)OC(C)(C)C)C1.CC(C)C1CCN(CC(F)(F)F)CC1.CC(C)C1CCN(CC(O)(C(F)(F)F)C(F)(F)F)CC1.CC(C)C1CCN(Cc2csc(C(F)(F)F)n2)CC1.COC(=O)CC1CCC(C(C)C)CC1. The number of nitrogens with zero attached hydrogens (tertiary/aromatic N) is 4. The van der Waals surface area contributed by atoms with Crippen LogP contribution in [0.15, 0.2) is 5.38 Å². The smallest absolute Gasteiger partial charge is 0.443 e. The molecule has 488 valence electrons. The quantitative estimate of drug-likeness (QED) is 0.144. The number of esters is 2. The van der Waals surface area contributed by atoms with E-state index in [1.165, 1.54) is 62.3 Å². The molecule has 2 atom stereocenters. The summed E-state index contributed by atoms with van der Waals surface area (Å²) in [5.74, 6) is 7.62. The Morgan fingerprint density at radius 3 is 1.24 bits per heavy atom. The lowest BCUT2D eigenvalue weighted by Gasteiger charge is -2.40. The maximum absolute atomic E-state index is 12.6. The Balaban J connectivity index is 0.000000357. The van der Waals surface area contributed by atoms with Crippen molar-refractivity contribution in [3.8, 4) is 0 Å². The molecule has 0 amide bonds. The third-order valence-corrected chi connectivity index (χ3v) is 18.6. The van der Waals surface area contributed by atoms with Crippen molar-refractivity contribution in [3.05, 3.63) is 16.1 Å². The molecule has 1 aromatic heterocycles. The third kappa shape index (κ3) is 29.0. The maximum atomic E-state index is 12.6. The van der Waals surface area contributed by atoms with Gasteiger partial charge >= 0.3 is 36.6 Å². The van der Waals surface area contributed by atoms with Gasteiger partial charge in [-0.2, -0.15) is 52.7 Å². The summed E-state index contributed by atoms with van der Waals surface area (Å²) in [6, 6.07) is 0. The van der Waals surface area contributed by atoms with E-state index in [1.807, 2.05) is 34.6 Å². The molecule has 83 heavy (non-hydrogen) atoms. The molecule has 6 rings (SSSR count). The van der Waals surface area contributed by atoms with E-state index in [-0.39, 0.29) is 30.6 Å². The summed E-state index contributed by atoms with van der Waals surface area (Å²) in [7, 11) is 1.47. The minimum Gasteiger partial charge on any atom is -0.469 e. The second kappa shape index (κ2) is 34.4. The molecule has 0 radical (unpaired) electrons. The van der Waals surface area contributed by atoms with Crippen molar-refractivity contribution in [2.75, 3.05) is 59.5 Å². The fourth-order valence-corrected chi connectivity index (χ4v) is 12.6. The molecule has 2 aliphatic carbocycles. The highest BCUT2D eigenvalue weighted by atomic mass is 32.1. The van der Waals surface area contributed by atoms with Gasteiger partial charge in [0.1, 0.15) is 5.60 Å². The second-order valence-electron chi connectivity index (χ2n) is 27.0. The molecule has 2 unspecified atom stereocenters. The summed E-state index contributed by atoms with van der Waals surface area (Å²) < 4.78 is 159. The van der Waals surface area contributed by atoms with Gasteiger partial charge in [-0.15, -0.1) is 11.3 Å². The number of rotatable bonds is 14. The Morgan fingerprint density at radius 1 is 0.542 bits per heavy atom. The molecule has 0 aromatic carbocycles. The lowest BCUT2D eigenvalue weighted by molar-refractivity contribution is -0.371. The molecule has 0 bridgehead atoms. The number of aromatic nitrogens is 1. The van der Waals surface area contributed by atoms with Crippen LogP contribution in [0.2, 0.25) is 0 Å². The fourth-order valence-electron chi connectivity index (χ4n) is 11.9. The van der Waals surface area contributed by atoms with Gasteiger partial charge < -0.3 is 14.6 Å². The van der Waals surface area contributed by atoms with Crippen LogP contribution in [0.4, 0.5) is 52.7 Å². The van der Waals surface area contributed by atoms with E-state index >= 15 is 0 Å². The number of hydrogen-bond donors (Lipinski definition) is 1. The van der Waals surface area contributed by atoms with Crippen LogP contribution in [0.5, 0.6) is 0 Å². The van der Waals surface area contributed by atoms with Crippen molar-refractivity contribution >= 4 is 23.3 Å². The maximum Gasteiger partial charge on any atom is 0.443 e. The zero-order chi connectivity index (χ0) is 63.5.